The molecule has 1 fully saturated rings. The summed E-state index contributed by atoms with van der Waals surface area (Å²) in [7, 11) is -3.44. The first-order chi connectivity index (χ1) is 7.59. The van der Waals surface area contributed by atoms with Crippen molar-refractivity contribution in [3.8, 4) is 0 Å². The Hall–Kier alpha value is -1.14. The molecule has 1 unspecified atom stereocenters. The van der Waals surface area contributed by atoms with E-state index in [1.807, 2.05) is 0 Å². The maximum absolute atomic E-state index is 12.0. The lowest BCUT2D eigenvalue weighted by Gasteiger charge is -2.10. The number of nitrogens with zero attached hydrogens (tertiary/aromatic N) is 1. The summed E-state index contributed by atoms with van der Waals surface area (Å²) in [6.45, 7) is 0.637. The minimum absolute atomic E-state index is 0.0335. The number of sulfone groups is 1. The number of hydrogen-bond acceptors (Lipinski definition) is 5. The van der Waals surface area contributed by atoms with E-state index in [0.717, 1.165) is 12.8 Å². The van der Waals surface area contributed by atoms with Crippen LogP contribution in [-0.4, -0.2) is 31.9 Å². The van der Waals surface area contributed by atoms with Gasteiger partial charge in [-0.15, -0.1) is 0 Å². The summed E-state index contributed by atoms with van der Waals surface area (Å²) < 4.78 is 29.3. The summed E-state index contributed by atoms with van der Waals surface area (Å²) in [5.41, 5.74) is 5.79. The first-order valence-corrected chi connectivity index (χ1v) is 6.80. The van der Waals surface area contributed by atoms with Crippen LogP contribution >= 0.6 is 0 Å². The lowest BCUT2D eigenvalue weighted by molar-refractivity contribution is 0.127. The summed E-state index contributed by atoms with van der Waals surface area (Å²) in [5.74, 6) is -0.0335. The van der Waals surface area contributed by atoms with Crippen LogP contribution in [0, 0.1) is 0 Å². The molecule has 1 aliphatic heterocycles. The molecule has 0 aliphatic carbocycles. The Morgan fingerprint density at radius 1 is 1.56 bits per heavy atom. The first-order valence-electron chi connectivity index (χ1n) is 5.14. The van der Waals surface area contributed by atoms with Crippen LogP contribution in [0.15, 0.2) is 23.4 Å². The highest BCUT2D eigenvalue weighted by Crippen LogP contribution is 2.21. The van der Waals surface area contributed by atoms with Crippen molar-refractivity contribution in [1.29, 1.82) is 0 Å². The van der Waals surface area contributed by atoms with Crippen molar-refractivity contribution in [3.05, 3.63) is 18.3 Å². The number of ether oxygens (including phenoxy) is 1. The Labute approximate surface area is 94.5 Å². The van der Waals surface area contributed by atoms with E-state index in [-0.39, 0.29) is 22.6 Å². The van der Waals surface area contributed by atoms with E-state index in [1.165, 1.54) is 12.3 Å². The molecule has 0 aromatic carbocycles. The fourth-order valence-corrected chi connectivity index (χ4v) is 3.32. The highest BCUT2D eigenvalue weighted by atomic mass is 32.2. The van der Waals surface area contributed by atoms with Gasteiger partial charge in [-0.1, -0.05) is 0 Å². The Bertz CT molecular complexity index is 467. The highest BCUT2D eigenvalue weighted by molar-refractivity contribution is 7.91. The van der Waals surface area contributed by atoms with Gasteiger partial charge in [0, 0.05) is 12.8 Å². The SMILES string of the molecule is Nc1cccnc1S(=O)(=O)CC1CCCO1. The molecule has 88 valence electrons. The Balaban J connectivity index is 2.21. The smallest absolute Gasteiger partial charge is 0.200 e. The number of anilines is 1. The molecule has 0 radical (unpaired) electrons. The van der Waals surface area contributed by atoms with Crippen LogP contribution in [0.3, 0.4) is 0 Å². The predicted molar refractivity (Wildman–Crippen MR) is 59.7 cm³/mol. The molecule has 6 heteroatoms. The van der Waals surface area contributed by atoms with E-state index in [9.17, 15) is 8.42 Å². The molecular formula is C10H14N2O3S. The molecule has 1 saturated heterocycles. The average Bonchev–Trinajstić information content (AvgIpc) is 2.70. The largest absolute Gasteiger partial charge is 0.396 e. The summed E-state index contributed by atoms with van der Waals surface area (Å²) >= 11 is 0. The third-order valence-electron chi connectivity index (χ3n) is 2.52. The molecule has 1 aliphatic rings. The molecule has 5 nitrogen and oxygen atoms in total. The van der Waals surface area contributed by atoms with Crippen molar-refractivity contribution in [1.82, 2.24) is 4.98 Å². The van der Waals surface area contributed by atoms with Gasteiger partial charge in [-0.25, -0.2) is 13.4 Å². The molecule has 0 amide bonds. The van der Waals surface area contributed by atoms with Gasteiger partial charge in [0.25, 0.3) is 0 Å². The molecule has 16 heavy (non-hydrogen) atoms. The van der Waals surface area contributed by atoms with Crippen molar-refractivity contribution in [2.75, 3.05) is 18.1 Å². The topological polar surface area (TPSA) is 82.3 Å². The molecule has 1 aromatic heterocycles. The van der Waals surface area contributed by atoms with Gasteiger partial charge in [-0.3, -0.25) is 0 Å². The zero-order valence-electron chi connectivity index (χ0n) is 8.80. The van der Waals surface area contributed by atoms with E-state index in [4.69, 9.17) is 10.5 Å². The van der Waals surface area contributed by atoms with Crippen LogP contribution < -0.4 is 5.73 Å². The zero-order chi connectivity index (χ0) is 11.6. The van der Waals surface area contributed by atoms with Crippen molar-refractivity contribution < 1.29 is 13.2 Å². The van der Waals surface area contributed by atoms with Crippen LogP contribution in [0.2, 0.25) is 0 Å². The van der Waals surface area contributed by atoms with Gasteiger partial charge in [0.15, 0.2) is 14.9 Å². The Kier molecular flexibility index (Phi) is 3.11. The molecule has 2 N–H and O–H groups in total. The van der Waals surface area contributed by atoms with E-state index >= 15 is 0 Å². The van der Waals surface area contributed by atoms with Crippen molar-refractivity contribution in [2.45, 2.75) is 24.0 Å². The van der Waals surface area contributed by atoms with Crippen LogP contribution in [-0.2, 0) is 14.6 Å². The minimum Gasteiger partial charge on any atom is -0.396 e. The van der Waals surface area contributed by atoms with Crippen molar-refractivity contribution in [2.24, 2.45) is 0 Å². The maximum Gasteiger partial charge on any atom is 0.200 e. The summed E-state index contributed by atoms with van der Waals surface area (Å²) in [6.07, 6.45) is 2.91. The predicted octanol–water partition coefficient (Wildman–Crippen LogP) is 0.616. The lowest BCUT2D eigenvalue weighted by atomic mass is 10.3. The summed E-state index contributed by atoms with van der Waals surface area (Å²) in [5, 5.41) is -0.0366. The van der Waals surface area contributed by atoms with Crippen LogP contribution in [0.5, 0.6) is 0 Å². The Morgan fingerprint density at radius 2 is 2.38 bits per heavy atom. The molecule has 1 atom stereocenters. The zero-order valence-corrected chi connectivity index (χ0v) is 9.61. The standard InChI is InChI=1S/C10H14N2O3S/c11-9-4-1-5-12-10(9)16(13,14)7-8-3-2-6-15-8/h1,4-5,8H,2-3,6-7,11H2. The minimum atomic E-state index is -3.44. The highest BCUT2D eigenvalue weighted by Gasteiger charge is 2.26. The van der Waals surface area contributed by atoms with Crippen LogP contribution in [0.1, 0.15) is 12.8 Å². The van der Waals surface area contributed by atoms with Gasteiger partial charge in [0.05, 0.1) is 17.5 Å². The quantitative estimate of drug-likeness (QED) is 0.840. The van der Waals surface area contributed by atoms with E-state index in [2.05, 4.69) is 4.98 Å². The van der Waals surface area contributed by atoms with Gasteiger partial charge >= 0.3 is 0 Å². The van der Waals surface area contributed by atoms with Gasteiger partial charge in [-0.2, -0.15) is 0 Å². The number of rotatable bonds is 3. The van der Waals surface area contributed by atoms with Gasteiger partial charge < -0.3 is 10.5 Å². The fourth-order valence-electron chi connectivity index (χ4n) is 1.76. The molecule has 2 heterocycles. The third kappa shape index (κ3) is 2.33. The molecule has 0 spiro atoms. The number of nitrogens with two attached hydrogens (primary N) is 1. The molecular weight excluding hydrogens is 228 g/mol. The first kappa shape index (κ1) is 11.3. The van der Waals surface area contributed by atoms with Gasteiger partial charge in [0.1, 0.15) is 0 Å². The molecule has 0 bridgehead atoms. The van der Waals surface area contributed by atoms with Crippen LogP contribution in [0.25, 0.3) is 0 Å². The Morgan fingerprint density at radius 3 is 3.00 bits per heavy atom. The number of nitrogen functional groups attached to an aromatic ring is 1. The second-order valence-corrected chi connectivity index (χ2v) is 5.76. The molecule has 1 aromatic rings. The van der Waals surface area contributed by atoms with Gasteiger partial charge in [-0.05, 0) is 25.0 Å². The van der Waals surface area contributed by atoms with Crippen LogP contribution in [0.4, 0.5) is 5.69 Å². The molecule has 0 saturated carbocycles. The van der Waals surface area contributed by atoms with E-state index in [0.29, 0.717) is 6.61 Å². The lowest BCUT2D eigenvalue weighted by Crippen LogP contribution is -2.21. The number of aromatic nitrogens is 1. The molecule has 2 rings (SSSR count). The van der Waals surface area contributed by atoms with Gasteiger partial charge in [0.2, 0.25) is 0 Å². The third-order valence-corrected chi connectivity index (χ3v) is 4.27. The fraction of sp³-hybridized carbons (Fsp3) is 0.500. The monoisotopic (exact) mass is 242 g/mol. The normalized spacial score (nSPS) is 21.1. The number of pyridine rings is 1. The van der Waals surface area contributed by atoms with E-state index < -0.39 is 9.84 Å². The number of hydrogen-bond donors (Lipinski definition) is 1. The summed E-state index contributed by atoms with van der Waals surface area (Å²) in [4.78, 5) is 3.82. The second-order valence-electron chi connectivity index (χ2n) is 3.81. The van der Waals surface area contributed by atoms with E-state index in [1.54, 1.807) is 6.07 Å². The second kappa shape index (κ2) is 4.39. The maximum atomic E-state index is 12.0. The van der Waals surface area contributed by atoms with Crippen molar-refractivity contribution in [3.63, 3.8) is 0 Å². The van der Waals surface area contributed by atoms with Crippen molar-refractivity contribution >= 4 is 15.5 Å². The summed E-state index contributed by atoms with van der Waals surface area (Å²) in [6, 6.07) is 3.15. The average molecular weight is 242 g/mol.